The summed E-state index contributed by atoms with van der Waals surface area (Å²) in [6.45, 7) is 0.974. The summed E-state index contributed by atoms with van der Waals surface area (Å²) in [5.41, 5.74) is 0. The average molecular weight is 287 g/mol. The number of carbonyl (C=O) groups excluding carboxylic acids is 2. The molecule has 0 bridgehead atoms. The predicted octanol–water partition coefficient (Wildman–Crippen LogP) is -0.866. The molecule has 1 rings (SSSR count). The van der Waals surface area contributed by atoms with Crippen molar-refractivity contribution >= 4 is 17.9 Å². The highest BCUT2D eigenvalue weighted by molar-refractivity contribution is 5.83. The zero-order valence-electron chi connectivity index (χ0n) is 11.3. The van der Waals surface area contributed by atoms with E-state index in [-0.39, 0.29) is 18.9 Å². The van der Waals surface area contributed by atoms with Crippen molar-refractivity contribution in [1.29, 1.82) is 0 Å². The van der Waals surface area contributed by atoms with Gasteiger partial charge in [-0.25, -0.2) is 9.59 Å². The molecule has 0 spiro atoms. The number of hydrogen-bond donors (Lipinski definition) is 4. The number of hydrogen-bond acceptors (Lipinski definition) is 4. The fraction of sp³-hybridized carbons (Fsp3) is 0.750. The van der Waals surface area contributed by atoms with Gasteiger partial charge in [0.1, 0.15) is 0 Å². The number of carboxylic acid groups (broad SMARTS) is 1. The molecule has 0 radical (unpaired) electrons. The third kappa shape index (κ3) is 5.43. The molecule has 8 nitrogen and oxygen atoms in total. The number of nitrogens with zero attached hydrogens (tertiary/aromatic N) is 1. The summed E-state index contributed by atoms with van der Waals surface area (Å²) in [6.07, 6.45) is 3.35. The summed E-state index contributed by atoms with van der Waals surface area (Å²) in [5.74, 6) is -1.33. The van der Waals surface area contributed by atoms with Crippen LogP contribution in [0.1, 0.15) is 25.7 Å². The molecule has 114 valence electrons. The maximum atomic E-state index is 11.8. The maximum Gasteiger partial charge on any atom is 0.328 e. The number of piperidine rings is 1. The second-order valence-electron chi connectivity index (χ2n) is 4.67. The number of carbonyl (C=O) groups is 3. The van der Waals surface area contributed by atoms with Gasteiger partial charge in [-0.15, -0.1) is 0 Å². The minimum absolute atomic E-state index is 0.0121. The van der Waals surface area contributed by atoms with Crippen LogP contribution in [-0.4, -0.2) is 65.3 Å². The molecular weight excluding hydrogens is 266 g/mol. The fourth-order valence-corrected chi connectivity index (χ4v) is 1.98. The first-order valence-electron chi connectivity index (χ1n) is 6.70. The van der Waals surface area contributed by atoms with Crippen molar-refractivity contribution in [3.05, 3.63) is 0 Å². The Bertz CT molecular complexity index is 355. The predicted molar refractivity (Wildman–Crippen MR) is 70.1 cm³/mol. The van der Waals surface area contributed by atoms with Crippen molar-refractivity contribution in [2.24, 2.45) is 0 Å². The molecule has 1 aliphatic heterocycles. The van der Waals surface area contributed by atoms with Crippen molar-refractivity contribution in [2.75, 3.05) is 26.2 Å². The van der Waals surface area contributed by atoms with E-state index in [1.165, 1.54) is 0 Å². The molecule has 20 heavy (non-hydrogen) atoms. The molecule has 8 heteroatoms. The molecular formula is C12H21N3O5. The molecule has 1 fully saturated rings. The molecule has 0 saturated carbocycles. The maximum absolute atomic E-state index is 11.8. The highest BCUT2D eigenvalue weighted by Crippen LogP contribution is 2.09. The van der Waals surface area contributed by atoms with Crippen LogP contribution in [0.2, 0.25) is 0 Å². The topological polar surface area (TPSA) is 119 Å². The lowest BCUT2D eigenvalue weighted by Gasteiger charge is -2.26. The monoisotopic (exact) mass is 287 g/mol. The van der Waals surface area contributed by atoms with E-state index in [2.05, 4.69) is 10.6 Å². The summed E-state index contributed by atoms with van der Waals surface area (Å²) >= 11 is 0. The Morgan fingerprint density at radius 2 is 1.80 bits per heavy atom. The van der Waals surface area contributed by atoms with Crippen LogP contribution < -0.4 is 10.6 Å². The van der Waals surface area contributed by atoms with Crippen LogP contribution in [0.25, 0.3) is 0 Å². The van der Waals surface area contributed by atoms with Gasteiger partial charge in [0.25, 0.3) is 0 Å². The normalized spacial score (nSPS) is 16.4. The van der Waals surface area contributed by atoms with Gasteiger partial charge in [0, 0.05) is 26.1 Å². The average Bonchev–Trinajstić information content (AvgIpc) is 2.45. The summed E-state index contributed by atoms with van der Waals surface area (Å²) in [4.78, 5) is 35.5. The first-order chi connectivity index (χ1) is 9.54. The van der Waals surface area contributed by atoms with E-state index < -0.39 is 24.6 Å². The zero-order chi connectivity index (χ0) is 15.0. The second-order valence-corrected chi connectivity index (χ2v) is 4.67. The van der Waals surface area contributed by atoms with Crippen LogP contribution in [-0.2, 0) is 9.59 Å². The number of amides is 3. The first-order valence-corrected chi connectivity index (χ1v) is 6.70. The van der Waals surface area contributed by atoms with E-state index in [9.17, 15) is 14.4 Å². The van der Waals surface area contributed by atoms with Crippen LogP contribution in [0.15, 0.2) is 0 Å². The number of likely N-dealkylation sites (tertiary alicyclic amines) is 1. The fourth-order valence-electron chi connectivity index (χ4n) is 1.98. The summed E-state index contributed by atoms with van der Waals surface area (Å²) < 4.78 is 0. The standard InChI is InChI=1S/C12H21N3O5/c16-8-9(11(18)19)14-12(20)13-5-4-10(17)15-6-2-1-3-7-15/h9,16H,1-8H2,(H,18,19)(H2,13,14,20)/t9-/m0/s1. The smallest absolute Gasteiger partial charge is 0.328 e. The Balaban J connectivity index is 2.20. The number of aliphatic carboxylic acids is 1. The summed E-state index contributed by atoms with van der Waals surface area (Å²) in [5, 5.41) is 21.9. The number of rotatable bonds is 6. The molecule has 0 aromatic heterocycles. The van der Waals surface area contributed by atoms with Gasteiger partial charge in [0.05, 0.1) is 6.61 Å². The van der Waals surface area contributed by atoms with Crippen LogP contribution >= 0.6 is 0 Å². The Labute approximate surface area is 117 Å². The van der Waals surface area contributed by atoms with Crippen LogP contribution in [0, 0.1) is 0 Å². The molecule has 1 heterocycles. The summed E-state index contributed by atoms with van der Waals surface area (Å²) in [6, 6.07) is -2.05. The van der Waals surface area contributed by atoms with Crippen LogP contribution in [0.5, 0.6) is 0 Å². The van der Waals surface area contributed by atoms with E-state index in [1.54, 1.807) is 4.90 Å². The van der Waals surface area contributed by atoms with Gasteiger partial charge in [-0.1, -0.05) is 0 Å². The lowest BCUT2D eigenvalue weighted by atomic mass is 10.1. The van der Waals surface area contributed by atoms with Gasteiger partial charge in [0.15, 0.2) is 6.04 Å². The molecule has 0 aromatic rings. The molecule has 4 N–H and O–H groups in total. The van der Waals surface area contributed by atoms with Gasteiger partial charge in [-0.05, 0) is 19.3 Å². The van der Waals surface area contributed by atoms with E-state index in [1.807, 2.05) is 0 Å². The number of carboxylic acids is 1. The highest BCUT2D eigenvalue weighted by Gasteiger charge is 2.19. The lowest BCUT2D eigenvalue weighted by Crippen LogP contribution is -2.48. The third-order valence-corrected chi connectivity index (χ3v) is 3.12. The van der Waals surface area contributed by atoms with Gasteiger partial charge in [-0.2, -0.15) is 0 Å². The van der Waals surface area contributed by atoms with Crippen molar-refractivity contribution < 1.29 is 24.6 Å². The molecule has 1 saturated heterocycles. The highest BCUT2D eigenvalue weighted by atomic mass is 16.4. The van der Waals surface area contributed by atoms with Crippen molar-refractivity contribution in [3.63, 3.8) is 0 Å². The quantitative estimate of drug-likeness (QED) is 0.506. The van der Waals surface area contributed by atoms with Crippen molar-refractivity contribution in [3.8, 4) is 0 Å². The third-order valence-electron chi connectivity index (χ3n) is 3.12. The van der Waals surface area contributed by atoms with Gasteiger partial charge >= 0.3 is 12.0 Å². The minimum atomic E-state index is -1.34. The minimum Gasteiger partial charge on any atom is -0.480 e. The molecule has 0 unspecified atom stereocenters. The Kier molecular flexibility index (Phi) is 6.78. The van der Waals surface area contributed by atoms with Crippen molar-refractivity contribution in [2.45, 2.75) is 31.7 Å². The second kappa shape index (κ2) is 8.36. The zero-order valence-corrected chi connectivity index (χ0v) is 11.3. The van der Waals surface area contributed by atoms with E-state index >= 15 is 0 Å². The molecule has 3 amide bonds. The van der Waals surface area contributed by atoms with Gasteiger partial charge < -0.3 is 25.7 Å². The van der Waals surface area contributed by atoms with Crippen LogP contribution in [0.4, 0.5) is 4.79 Å². The van der Waals surface area contributed by atoms with Crippen LogP contribution in [0.3, 0.4) is 0 Å². The number of urea groups is 1. The van der Waals surface area contributed by atoms with Crippen molar-refractivity contribution in [1.82, 2.24) is 15.5 Å². The Morgan fingerprint density at radius 3 is 2.35 bits per heavy atom. The number of aliphatic hydroxyl groups is 1. The molecule has 1 atom stereocenters. The first kappa shape index (κ1) is 16.2. The number of nitrogens with one attached hydrogen (secondary N) is 2. The van der Waals surface area contributed by atoms with E-state index in [0.717, 1.165) is 32.4 Å². The largest absolute Gasteiger partial charge is 0.480 e. The lowest BCUT2D eigenvalue weighted by molar-refractivity contribution is -0.140. The molecule has 0 aromatic carbocycles. The van der Waals surface area contributed by atoms with Gasteiger partial charge in [-0.3, -0.25) is 4.79 Å². The molecule has 1 aliphatic rings. The summed E-state index contributed by atoms with van der Waals surface area (Å²) in [7, 11) is 0. The number of aliphatic hydroxyl groups excluding tert-OH is 1. The van der Waals surface area contributed by atoms with Gasteiger partial charge in [0.2, 0.25) is 5.91 Å². The Hall–Kier alpha value is -1.83. The SMILES string of the molecule is O=C(NCCC(=O)N1CCCCC1)N[C@@H](CO)C(=O)O. The van der Waals surface area contributed by atoms with E-state index in [0.29, 0.717) is 0 Å². The Morgan fingerprint density at radius 1 is 1.15 bits per heavy atom. The molecule has 0 aliphatic carbocycles. The van der Waals surface area contributed by atoms with E-state index in [4.69, 9.17) is 10.2 Å².